The standard InChI is InChI=1S/C10H19N5O/c1-7(2)13-10(16)8(3)11-5-9-6-12-14-15(9)4/h6-8,11H,5H2,1-4H3,(H,13,16). The first-order valence-electron chi connectivity index (χ1n) is 5.38. The van der Waals surface area contributed by atoms with Crippen molar-refractivity contribution in [1.29, 1.82) is 0 Å². The average molecular weight is 225 g/mol. The van der Waals surface area contributed by atoms with Gasteiger partial charge in [-0.2, -0.15) is 0 Å². The van der Waals surface area contributed by atoms with E-state index in [1.54, 1.807) is 10.9 Å². The minimum Gasteiger partial charge on any atom is -0.353 e. The average Bonchev–Trinajstić information content (AvgIpc) is 2.59. The normalized spacial score (nSPS) is 12.8. The van der Waals surface area contributed by atoms with Gasteiger partial charge in [-0.15, -0.1) is 5.10 Å². The first-order valence-corrected chi connectivity index (χ1v) is 5.38. The van der Waals surface area contributed by atoms with Gasteiger partial charge >= 0.3 is 0 Å². The van der Waals surface area contributed by atoms with E-state index in [0.717, 1.165) is 5.69 Å². The van der Waals surface area contributed by atoms with Crippen LogP contribution >= 0.6 is 0 Å². The highest BCUT2D eigenvalue weighted by Crippen LogP contribution is 1.94. The summed E-state index contributed by atoms with van der Waals surface area (Å²) in [4.78, 5) is 11.6. The molecule has 0 spiro atoms. The third-order valence-electron chi connectivity index (χ3n) is 2.22. The van der Waals surface area contributed by atoms with Gasteiger partial charge in [-0.1, -0.05) is 5.21 Å². The van der Waals surface area contributed by atoms with Gasteiger partial charge in [0.05, 0.1) is 17.9 Å². The van der Waals surface area contributed by atoms with Gasteiger partial charge < -0.3 is 10.6 Å². The molecule has 0 fully saturated rings. The summed E-state index contributed by atoms with van der Waals surface area (Å²) in [6.07, 6.45) is 1.68. The van der Waals surface area contributed by atoms with Crippen LogP contribution in [-0.2, 0) is 18.4 Å². The number of hydrogen-bond acceptors (Lipinski definition) is 4. The second kappa shape index (κ2) is 5.60. The zero-order chi connectivity index (χ0) is 12.1. The number of rotatable bonds is 5. The van der Waals surface area contributed by atoms with E-state index in [-0.39, 0.29) is 18.0 Å². The van der Waals surface area contributed by atoms with E-state index in [1.165, 1.54) is 0 Å². The molecule has 1 atom stereocenters. The first kappa shape index (κ1) is 12.6. The molecule has 90 valence electrons. The van der Waals surface area contributed by atoms with E-state index in [1.807, 2.05) is 27.8 Å². The molecule has 0 saturated heterocycles. The number of hydrogen-bond donors (Lipinski definition) is 2. The third kappa shape index (κ3) is 3.62. The molecule has 0 aromatic carbocycles. The molecule has 0 saturated carbocycles. The lowest BCUT2D eigenvalue weighted by Crippen LogP contribution is -2.44. The Balaban J connectivity index is 2.38. The van der Waals surface area contributed by atoms with Crippen LogP contribution in [-0.4, -0.2) is 33.0 Å². The van der Waals surface area contributed by atoms with Crippen molar-refractivity contribution in [3.8, 4) is 0 Å². The number of carbonyl (C=O) groups excluding carboxylic acids is 1. The number of carbonyl (C=O) groups is 1. The quantitative estimate of drug-likeness (QED) is 0.729. The highest BCUT2D eigenvalue weighted by molar-refractivity contribution is 5.81. The fraction of sp³-hybridized carbons (Fsp3) is 0.700. The van der Waals surface area contributed by atoms with E-state index in [2.05, 4.69) is 20.9 Å². The van der Waals surface area contributed by atoms with Crippen molar-refractivity contribution in [1.82, 2.24) is 25.6 Å². The molecule has 0 bridgehead atoms. The number of aromatic nitrogens is 3. The Kier molecular flexibility index (Phi) is 4.42. The first-order chi connectivity index (χ1) is 7.50. The second-order valence-electron chi connectivity index (χ2n) is 4.11. The molecule has 0 aliphatic rings. The molecule has 0 aliphatic heterocycles. The van der Waals surface area contributed by atoms with Crippen LogP contribution in [0.25, 0.3) is 0 Å². The molecule has 1 unspecified atom stereocenters. The smallest absolute Gasteiger partial charge is 0.237 e. The van der Waals surface area contributed by atoms with E-state index in [9.17, 15) is 4.79 Å². The molecule has 0 aliphatic carbocycles. The Labute approximate surface area is 95.4 Å². The zero-order valence-electron chi connectivity index (χ0n) is 10.2. The number of amides is 1. The molecule has 1 aromatic rings. The van der Waals surface area contributed by atoms with Crippen LogP contribution in [0, 0.1) is 0 Å². The molecular formula is C10H19N5O. The maximum atomic E-state index is 11.6. The molecule has 6 nitrogen and oxygen atoms in total. The molecule has 2 N–H and O–H groups in total. The number of aryl methyl sites for hydroxylation is 1. The Morgan fingerprint density at radius 3 is 2.69 bits per heavy atom. The van der Waals surface area contributed by atoms with Gasteiger partial charge in [0.1, 0.15) is 0 Å². The summed E-state index contributed by atoms with van der Waals surface area (Å²) >= 11 is 0. The van der Waals surface area contributed by atoms with Gasteiger partial charge in [0.25, 0.3) is 0 Å². The number of nitrogens with zero attached hydrogens (tertiary/aromatic N) is 3. The minimum atomic E-state index is -0.225. The summed E-state index contributed by atoms with van der Waals surface area (Å²) in [6.45, 7) is 6.29. The van der Waals surface area contributed by atoms with Gasteiger partial charge in [-0.25, -0.2) is 0 Å². The summed E-state index contributed by atoms with van der Waals surface area (Å²) in [5, 5.41) is 13.5. The maximum absolute atomic E-state index is 11.6. The lowest BCUT2D eigenvalue weighted by atomic mass is 10.2. The summed E-state index contributed by atoms with van der Waals surface area (Å²) in [6, 6.07) is -0.0626. The van der Waals surface area contributed by atoms with E-state index < -0.39 is 0 Å². The van der Waals surface area contributed by atoms with Crippen molar-refractivity contribution in [2.24, 2.45) is 7.05 Å². The molecule has 16 heavy (non-hydrogen) atoms. The van der Waals surface area contributed by atoms with Gasteiger partial charge in [-0.05, 0) is 20.8 Å². The zero-order valence-corrected chi connectivity index (χ0v) is 10.2. The highest BCUT2D eigenvalue weighted by Gasteiger charge is 2.13. The summed E-state index contributed by atoms with van der Waals surface area (Å²) in [5.74, 6) is 0.00475. The molecule has 1 amide bonds. The SMILES string of the molecule is CC(C)NC(=O)C(C)NCc1cnnn1C. The number of nitrogens with one attached hydrogen (secondary N) is 2. The van der Waals surface area contributed by atoms with Crippen LogP contribution in [0.4, 0.5) is 0 Å². The van der Waals surface area contributed by atoms with Gasteiger partial charge in [-0.3, -0.25) is 9.48 Å². The van der Waals surface area contributed by atoms with Crippen LogP contribution in [0.2, 0.25) is 0 Å². The minimum absolute atomic E-state index is 0.00475. The van der Waals surface area contributed by atoms with Gasteiger partial charge in [0.2, 0.25) is 5.91 Å². The van der Waals surface area contributed by atoms with Crippen LogP contribution in [0.15, 0.2) is 6.20 Å². The Bertz CT molecular complexity index is 347. The molecule has 0 radical (unpaired) electrons. The Hall–Kier alpha value is -1.43. The van der Waals surface area contributed by atoms with E-state index in [0.29, 0.717) is 6.54 Å². The van der Waals surface area contributed by atoms with Crippen molar-refractivity contribution < 1.29 is 4.79 Å². The Morgan fingerprint density at radius 1 is 1.50 bits per heavy atom. The molecule has 1 rings (SSSR count). The fourth-order valence-corrected chi connectivity index (χ4v) is 1.23. The monoisotopic (exact) mass is 225 g/mol. The van der Waals surface area contributed by atoms with Crippen molar-refractivity contribution in [3.05, 3.63) is 11.9 Å². The topological polar surface area (TPSA) is 71.8 Å². The molecular weight excluding hydrogens is 206 g/mol. The third-order valence-corrected chi connectivity index (χ3v) is 2.22. The fourth-order valence-electron chi connectivity index (χ4n) is 1.23. The lowest BCUT2D eigenvalue weighted by Gasteiger charge is -2.15. The van der Waals surface area contributed by atoms with Crippen molar-refractivity contribution in [2.45, 2.75) is 39.4 Å². The molecule has 6 heteroatoms. The van der Waals surface area contributed by atoms with Crippen LogP contribution in [0.5, 0.6) is 0 Å². The van der Waals surface area contributed by atoms with E-state index in [4.69, 9.17) is 0 Å². The van der Waals surface area contributed by atoms with E-state index >= 15 is 0 Å². The predicted octanol–water partition coefficient (Wildman–Crippen LogP) is -0.182. The summed E-state index contributed by atoms with van der Waals surface area (Å²) in [5.41, 5.74) is 0.948. The lowest BCUT2D eigenvalue weighted by molar-refractivity contribution is -0.123. The second-order valence-corrected chi connectivity index (χ2v) is 4.11. The van der Waals surface area contributed by atoms with Gasteiger partial charge in [0, 0.05) is 19.6 Å². The van der Waals surface area contributed by atoms with Crippen molar-refractivity contribution in [3.63, 3.8) is 0 Å². The summed E-state index contributed by atoms with van der Waals surface area (Å²) in [7, 11) is 1.82. The van der Waals surface area contributed by atoms with Crippen molar-refractivity contribution >= 4 is 5.91 Å². The van der Waals surface area contributed by atoms with Crippen LogP contribution in [0.3, 0.4) is 0 Å². The maximum Gasteiger partial charge on any atom is 0.237 e. The highest BCUT2D eigenvalue weighted by atomic mass is 16.2. The van der Waals surface area contributed by atoms with Gasteiger partial charge in [0.15, 0.2) is 0 Å². The Morgan fingerprint density at radius 2 is 2.19 bits per heavy atom. The summed E-state index contributed by atoms with van der Waals surface area (Å²) < 4.78 is 1.68. The predicted molar refractivity (Wildman–Crippen MR) is 60.6 cm³/mol. The van der Waals surface area contributed by atoms with Crippen LogP contribution < -0.4 is 10.6 Å². The molecule has 1 aromatic heterocycles. The molecule has 1 heterocycles. The largest absolute Gasteiger partial charge is 0.353 e. The van der Waals surface area contributed by atoms with Crippen LogP contribution in [0.1, 0.15) is 26.5 Å². The van der Waals surface area contributed by atoms with Crippen molar-refractivity contribution in [2.75, 3.05) is 0 Å².